The molecular weight excluding hydrogens is 859 g/mol. The molecule has 8 aromatic carbocycles. The third-order valence-corrected chi connectivity index (χ3v) is 22.4. The molecule has 8 aromatic rings. The van der Waals surface area contributed by atoms with Crippen molar-refractivity contribution in [1.29, 1.82) is 0 Å². The molecule has 0 aliphatic heterocycles. The van der Waals surface area contributed by atoms with Crippen LogP contribution in [0.25, 0.3) is 0 Å². The van der Waals surface area contributed by atoms with Gasteiger partial charge in [-0.25, -0.2) is 9.80 Å². The van der Waals surface area contributed by atoms with Crippen LogP contribution in [0.4, 0.5) is 0 Å². The van der Waals surface area contributed by atoms with Crippen molar-refractivity contribution in [3.63, 3.8) is 0 Å². The van der Waals surface area contributed by atoms with Crippen LogP contribution in [-0.2, 0) is 16.5 Å². The van der Waals surface area contributed by atoms with Gasteiger partial charge in [0.2, 0.25) is 0 Å². The van der Waals surface area contributed by atoms with Gasteiger partial charge in [0.15, 0.2) is 0 Å². The molecule has 0 bridgehead atoms. The van der Waals surface area contributed by atoms with Gasteiger partial charge in [-0.2, -0.15) is 0 Å². The Bertz CT molecular complexity index is 1870. The Kier molecular flexibility index (Phi) is 19.1. The van der Waals surface area contributed by atoms with E-state index in [4.69, 9.17) is 0 Å². The summed E-state index contributed by atoms with van der Waals surface area (Å²) in [6.45, 7) is 0. The molecule has 61 heavy (non-hydrogen) atoms. The molecule has 8 rings (SSSR count). The minimum absolute atomic E-state index is 0. The molecule has 0 atom stereocenters. The van der Waals surface area contributed by atoms with Crippen LogP contribution >= 0.6 is 31.7 Å². The van der Waals surface area contributed by atoms with E-state index in [1.165, 1.54) is 42.4 Å². The summed E-state index contributed by atoms with van der Waals surface area (Å²) in [5.41, 5.74) is 0. The van der Waals surface area contributed by atoms with Crippen molar-refractivity contribution >= 4 is 74.1 Å². The van der Waals surface area contributed by atoms with Gasteiger partial charge in [0.1, 0.15) is 25.1 Å². The van der Waals surface area contributed by atoms with Crippen LogP contribution in [0.3, 0.4) is 0 Å². The number of rotatable bonds is 16. The van der Waals surface area contributed by atoms with E-state index >= 15 is 0 Å². The van der Waals surface area contributed by atoms with E-state index in [1.807, 2.05) is 0 Å². The van der Waals surface area contributed by atoms with Crippen molar-refractivity contribution in [2.24, 2.45) is 0 Å². The molecule has 7 heteroatoms. The first-order chi connectivity index (χ1) is 29.6. The number of hydrogen-bond acceptors (Lipinski definition) is 2. The van der Waals surface area contributed by atoms with Gasteiger partial charge < -0.3 is 0 Å². The van der Waals surface area contributed by atoms with E-state index in [9.17, 15) is 0 Å². The molecule has 0 radical (unpaired) electrons. The molecule has 0 aromatic heterocycles. The molecule has 2 nitrogen and oxygen atoms in total. The van der Waals surface area contributed by atoms with Gasteiger partial charge in [-0.1, -0.05) is 146 Å². The first-order valence-corrected chi connectivity index (χ1v) is 27.7. The van der Waals surface area contributed by atoms with E-state index in [-0.39, 0.29) is 16.5 Å². The van der Waals surface area contributed by atoms with E-state index in [1.54, 1.807) is 0 Å². The van der Waals surface area contributed by atoms with Crippen LogP contribution in [0.5, 0.6) is 0 Å². The zero-order valence-electron chi connectivity index (χ0n) is 35.1. The molecule has 0 amide bonds. The fraction of sp³-hybridized carbons (Fsp3) is 0.111. The van der Waals surface area contributed by atoms with Gasteiger partial charge in [-0.15, -0.1) is 0 Å². The molecule has 0 unspecified atom stereocenters. The SMILES string of the molecule is CN(C[PH+](c1ccccc1)c1ccccc1)C[PH+](c1ccccc1)c1ccccc1.CN(C[PH+](c1ccccc1)c1ccccc1)C[PH+](c1ccccc1)c1ccccc1.[Ni]. The molecule has 0 heterocycles. The first kappa shape index (κ1) is 46.4. The Balaban J connectivity index is 0.000000201. The van der Waals surface area contributed by atoms with Crippen LogP contribution in [0.15, 0.2) is 243 Å². The van der Waals surface area contributed by atoms with E-state index in [0.717, 1.165) is 25.1 Å². The number of hydrogen-bond donors (Lipinski definition) is 0. The third-order valence-electron chi connectivity index (χ3n) is 10.7. The third kappa shape index (κ3) is 13.9. The standard InChI is InChI=1S/2C27H27NP2.Ni/c2*1-28(22-29(24-14-6-2-7-15-24)25-16-8-3-9-17-25)23-30(26-18-10-4-11-19-26)27-20-12-5-13-21-27;/h2*2-21H,22-23H2,1H3;/p+4. The normalized spacial score (nSPS) is 11.1. The molecule has 0 spiro atoms. The Morgan fingerprint density at radius 3 is 0.459 bits per heavy atom. The second-order valence-electron chi connectivity index (χ2n) is 15.2. The van der Waals surface area contributed by atoms with Gasteiger partial charge >= 0.3 is 0 Å². The molecule has 0 saturated heterocycles. The molecule has 0 N–H and O–H groups in total. The summed E-state index contributed by atoms with van der Waals surface area (Å²) in [6.07, 6.45) is 4.41. The van der Waals surface area contributed by atoms with Crippen LogP contribution in [0.1, 0.15) is 0 Å². The predicted octanol–water partition coefficient (Wildman–Crippen LogP) is 9.12. The average Bonchev–Trinajstić information content (AvgIpc) is 3.33. The molecule has 310 valence electrons. The second-order valence-corrected chi connectivity index (χ2v) is 24.9. The van der Waals surface area contributed by atoms with Gasteiger partial charge in [0.25, 0.3) is 0 Å². The Hall–Kier alpha value is -4.11. The molecule has 0 aliphatic rings. The summed E-state index contributed by atoms with van der Waals surface area (Å²) in [6, 6.07) is 88.5. The van der Waals surface area contributed by atoms with Crippen molar-refractivity contribution in [3.8, 4) is 0 Å². The summed E-state index contributed by atoms with van der Waals surface area (Å²) in [5.74, 6) is 0. The summed E-state index contributed by atoms with van der Waals surface area (Å²) in [4.78, 5) is 5.14. The van der Waals surface area contributed by atoms with E-state index in [2.05, 4.69) is 267 Å². The fourth-order valence-corrected chi connectivity index (χ4v) is 18.3. The number of nitrogens with zero attached hydrogens (tertiary/aromatic N) is 2. The quantitative estimate of drug-likeness (QED) is 0.0706. The van der Waals surface area contributed by atoms with Gasteiger partial charge in [0, 0.05) is 16.5 Å². The summed E-state index contributed by atoms with van der Waals surface area (Å²) < 4.78 is 0. The van der Waals surface area contributed by atoms with Gasteiger partial charge in [-0.05, 0) is 111 Å². The summed E-state index contributed by atoms with van der Waals surface area (Å²) >= 11 is 0. The van der Waals surface area contributed by atoms with Crippen LogP contribution in [0.2, 0.25) is 0 Å². The van der Waals surface area contributed by atoms with Crippen molar-refractivity contribution in [2.45, 2.75) is 0 Å². The maximum Gasteiger partial charge on any atom is 0.121 e. The minimum Gasteiger partial charge on any atom is -0.240 e. The Morgan fingerprint density at radius 2 is 0.344 bits per heavy atom. The largest absolute Gasteiger partial charge is 0.240 e. The smallest absolute Gasteiger partial charge is 0.121 e. The molecule has 0 fully saturated rings. The average molecular weight is 918 g/mol. The topological polar surface area (TPSA) is 6.48 Å². The maximum atomic E-state index is 2.57. The van der Waals surface area contributed by atoms with Gasteiger partial charge in [0.05, 0.1) is 74.1 Å². The predicted molar refractivity (Wildman–Crippen MR) is 277 cm³/mol. The second kappa shape index (κ2) is 25.1. The van der Waals surface area contributed by atoms with Crippen LogP contribution < -0.4 is 42.4 Å². The van der Waals surface area contributed by atoms with Crippen LogP contribution in [-0.4, -0.2) is 49.0 Å². The fourth-order valence-electron chi connectivity index (χ4n) is 7.70. The minimum atomic E-state index is -0.865. The van der Waals surface area contributed by atoms with Gasteiger partial charge in [-0.3, -0.25) is 0 Å². The summed E-state index contributed by atoms with van der Waals surface area (Å²) in [5, 5.41) is 11.8. The van der Waals surface area contributed by atoms with Crippen molar-refractivity contribution in [3.05, 3.63) is 243 Å². The van der Waals surface area contributed by atoms with Crippen LogP contribution in [0, 0.1) is 0 Å². The number of benzene rings is 8. The first-order valence-electron chi connectivity index (χ1n) is 20.9. The van der Waals surface area contributed by atoms with E-state index in [0.29, 0.717) is 0 Å². The molecule has 0 aliphatic carbocycles. The van der Waals surface area contributed by atoms with E-state index < -0.39 is 31.7 Å². The van der Waals surface area contributed by atoms with Crippen molar-refractivity contribution in [2.75, 3.05) is 39.2 Å². The maximum absolute atomic E-state index is 2.57. The van der Waals surface area contributed by atoms with Crippen molar-refractivity contribution in [1.82, 2.24) is 9.80 Å². The Labute approximate surface area is 380 Å². The summed E-state index contributed by atoms with van der Waals surface area (Å²) in [7, 11) is 1.14. The Morgan fingerprint density at radius 1 is 0.230 bits per heavy atom. The zero-order chi connectivity index (χ0) is 41.2. The molecular formula is C54H58N2NiP4+4. The molecule has 0 saturated carbocycles. The van der Waals surface area contributed by atoms with Crippen molar-refractivity contribution < 1.29 is 16.5 Å². The monoisotopic (exact) mass is 916 g/mol. The zero-order valence-corrected chi connectivity index (χ0v) is 40.1.